The van der Waals surface area contributed by atoms with Crippen molar-refractivity contribution >= 4 is 5.91 Å². The SMILES string of the molecule is C[NH+]1CCN(C(=O)C2(c3ccccc3)COc3ccccc32)CC1. The number of quaternary nitrogens is 1. The number of piperazine rings is 1. The summed E-state index contributed by atoms with van der Waals surface area (Å²) in [5.41, 5.74) is 1.29. The van der Waals surface area contributed by atoms with Crippen molar-refractivity contribution < 1.29 is 14.4 Å². The highest BCUT2D eigenvalue weighted by atomic mass is 16.5. The van der Waals surface area contributed by atoms with Crippen LogP contribution in [0.1, 0.15) is 11.1 Å². The fourth-order valence-corrected chi connectivity index (χ4v) is 3.83. The average molecular weight is 323 g/mol. The Hall–Kier alpha value is -2.33. The van der Waals surface area contributed by atoms with Gasteiger partial charge in [0.2, 0.25) is 5.91 Å². The zero-order valence-electron chi connectivity index (χ0n) is 14.0. The number of carbonyl (C=O) groups is 1. The zero-order chi connectivity index (χ0) is 16.6. The van der Waals surface area contributed by atoms with E-state index in [2.05, 4.69) is 7.05 Å². The summed E-state index contributed by atoms with van der Waals surface area (Å²) in [4.78, 5) is 17.1. The molecule has 2 aliphatic rings. The molecule has 2 aliphatic heterocycles. The summed E-state index contributed by atoms with van der Waals surface area (Å²) in [7, 11) is 2.18. The van der Waals surface area contributed by atoms with Crippen molar-refractivity contribution in [3.8, 4) is 5.75 Å². The topological polar surface area (TPSA) is 34.0 Å². The van der Waals surface area contributed by atoms with Gasteiger partial charge in [-0.15, -0.1) is 0 Å². The number of hydrogen-bond donors (Lipinski definition) is 1. The lowest BCUT2D eigenvalue weighted by molar-refractivity contribution is -0.883. The fourth-order valence-electron chi connectivity index (χ4n) is 3.83. The molecule has 1 saturated heterocycles. The highest BCUT2D eigenvalue weighted by molar-refractivity contribution is 5.94. The first-order valence-corrected chi connectivity index (χ1v) is 8.60. The molecular weight excluding hydrogens is 300 g/mol. The molecule has 0 bridgehead atoms. The van der Waals surface area contributed by atoms with E-state index in [-0.39, 0.29) is 5.91 Å². The monoisotopic (exact) mass is 323 g/mol. The van der Waals surface area contributed by atoms with Gasteiger partial charge in [0, 0.05) is 5.56 Å². The van der Waals surface area contributed by atoms with Crippen molar-refractivity contribution in [3.05, 3.63) is 65.7 Å². The molecular formula is C20H23N2O2+. The first-order chi connectivity index (χ1) is 11.7. The van der Waals surface area contributed by atoms with E-state index in [0.717, 1.165) is 43.1 Å². The molecule has 24 heavy (non-hydrogen) atoms. The van der Waals surface area contributed by atoms with Crippen LogP contribution in [0, 0.1) is 0 Å². The second-order valence-electron chi connectivity index (χ2n) is 6.81. The number of para-hydroxylation sites is 1. The minimum atomic E-state index is -0.719. The van der Waals surface area contributed by atoms with Crippen molar-refractivity contribution in [1.82, 2.24) is 4.90 Å². The van der Waals surface area contributed by atoms with Crippen molar-refractivity contribution in [2.24, 2.45) is 0 Å². The van der Waals surface area contributed by atoms with Crippen LogP contribution in [0.4, 0.5) is 0 Å². The van der Waals surface area contributed by atoms with E-state index >= 15 is 0 Å². The number of carbonyl (C=O) groups excluding carboxylic acids is 1. The van der Waals surface area contributed by atoms with E-state index in [1.54, 1.807) is 0 Å². The Morgan fingerprint density at radius 2 is 1.71 bits per heavy atom. The van der Waals surface area contributed by atoms with E-state index < -0.39 is 5.41 Å². The summed E-state index contributed by atoms with van der Waals surface area (Å²) in [5.74, 6) is 1.00. The minimum absolute atomic E-state index is 0.172. The fraction of sp³-hybridized carbons (Fsp3) is 0.350. The maximum Gasteiger partial charge on any atom is 0.241 e. The minimum Gasteiger partial charge on any atom is -0.491 e. The third-order valence-electron chi connectivity index (χ3n) is 5.33. The first-order valence-electron chi connectivity index (χ1n) is 8.60. The van der Waals surface area contributed by atoms with Gasteiger partial charge in [-0.2, -0.15) is 0 Å². The van der Waals surface area contributed by atoms with Crippen LogP contribution in [0.2, 0.25) is 0 Å². The van der Waals surface area contributed by atoms with Gasteiger partial charge in [-0.3, -0.25) is 4.79 Å². The van der Waals surface area contributed by atoms with Crippen LogP contribution in [-0.4, -0.2) is 50.6 Å². The standard InChI is InChI=1S/C20H22N2O2/c1-21-11-13-22(14-12-21)19(23)20(16-7-3-2-4-8-16)15-24-18-10-6-5-9-17(18)20/h2-10H,11-15H2,1H3/p+1. The lowest BCUT2D eigenvalue weighted by Crippen LogP contribution is -3.12. The average Bonchev–Trinajstić information content (AvgIpc) is 3.03. The Balaban J connectivity index is 1.80. The number of ether oxygens (including phenoxy) is 1. The highest BCUT2D eigenvalue weighted by Gasteiger charge is 2.50. The Morgan fingerprint density at radius 1 is 1.04 bits per heavy atom. The van der Waals surface area contributed by atoms with Gasteiger partial charge < -0.3 is 14.5 Å². The normalized spacial score (nSPS) is 23.6. The van der Waals surface area contributed by atoms with Gasteiger partial charge in [-0.25, -0.2) is 0 Å². The van der Waals surface area contributed by atoms with E-state index in [0.29, 0.717) is 6.61 Å². The quantitative estimate of drug-likeness (QED) is 0.884. The smallest absolute Gasteiger partial charge is 0.241 e. The van der Waals surface area contributed by atoms with E-state index in [1.165, 1.54) is 4.90 Å². The second-order valence-corrected chi connectivity index (χ2v) is 6.81. The van der Waals surface area contributed by atoms with Crippen LogP contribution in [0.5, 0.6) is 5.75 Å². The third-order valence-corrected chi connectivity index (χ3v) is 5.33. The molecule has 1 unspecified atom stereocenters. The second kappa shape index (κ2) is 5.95. The molecule has 1 atom stereocenters. The summed E-state index contributed by atoms with van der Waals surface area (Å²) < 4.78 is 5.95. The number of hydrogen-bond acceptors (Lipinski definition) is 2. The molecule has 1 N–H and O–H groups in total. The lowest BCUT2D eigenvalue weighted by Gasteiger charge is -2.37. The van der Waals surface area contributed by atoms with Crippen LogP contribution in [-0.2, 0) is 10.2 Å². The van der Waals surface area contributed by atoms with Crippen LogP contribution < -0.4 is 9.64 Å². The third kappa shape index (κ3) is 2.29. The first kappa shape index (κ1) is 15.2. The summed E-state index contributed by atoms with van der Waals surface area (Å²) in [5, 5.41) is 0. The van der Waals surface area contributed by atoms with Gasteiger partial charge in [-0.05, 0) is 11.6 Å². The van der Waals surface area contributed by atoms with E-state index in [4.69, 9.17) is 4.74 Å². The summed E-state index contributed by atoms with van der Waals surface area (Å²) in [6.45, 7) is 4.00. The molecule has 2 aromatic rings. The predicted octanol–water partition coefficient (Wildman–Crippen LogP) is 0.722. The summed E-state index contributed by atoms with van der Waals surface area (Å²) >= 11 is 0. The van der Waals surface area contributed by atoms with Crippen LogP contribution in [0.3, 0.4) is 0 Å². The van der Waals surface area contributed by atoms with Crippen molar-refractivity contribution in [1.29, 1.82) is 0 Å². The number of amides is 1. The van der Waals surface area contributed by atoms with Crippen molar-refractivity contribution in [3.63, 3.8) is 0 Å². The van der Waals surface area contributed by atoms with Crippen molar-refractivity contribution in [2.75, 3.05) is 39.8 Å². The molecule has 0 spiro atoms. The summed E-state index contributed by atoms with van der Waals surface area (Å²) in [6.07, 6.45) is 0. The van der Waals surface area contributed by atoms with E-state index in [9.17, 15) is 4.79 Å². The molecule has 4 rings (SSSR count). The van der Waals surface area contributed by atoms with Gasteiger partial charge in [0.1, 0.15) is 17.8 Å². The predicted molar refractivity (Wildman–Crippen MR) is 92.4 cm³/mol. The van der Waals surface area contributed by atoms with Gasteiger partial charge in [0.05, 0.1) is 33.2 Å². The molecule has 1 fully saturated rings. The molecule has 2 aromatic carbocycles. The Labute approximate surface area is 142 Å². The zero-order valence-corrected chi connectivity index (χ0v) is 14.0. The van der Waals surface area contributed by atoms with E-state index in [1.807, 2.05) is 59.5 Å². The number of likely N-dealkylation sites (N-methyl/N-ethyl adjacent to an activating group) is 1. The molecule has 4 heteroatoms. The van der Waals surface area contributed by atoms with Crippen LogP contribution in [0.15, 0.2) is 54.6 Å². The Bertz CT molecular complexity index is 738. The maximum atomic E-state index is 13.6. The van der Waals surface area contributed by atoms with Crippen LogP contribution in [0.25, 0.3) is 0 Å². The molecule has 1 amide bonds. The number of rotatable bonds is 2. The molecule has 124 valence electrons. The molecule has 0 radical (unpaired) electrons. The van der Waals surface area contributed by atoms with Crippen molar-refractivity contribution in [2.45, 2.75) is 5.41 Å². The number of benzene rings is 2. The molecule has 0 aromatic heterocycles. The molecule has 0 saturated carbocycles. The number of nitrogens with one attached hydrogen (secondary N) is 1. The highest BCUT2D eigenvalue weighted by Crippen LogP contribution is 2.44. The Kier molecular flexibility index (Phi) is 3.77. The molecule has 2 heterocycles. The molecule has 4 nitrogen and oxygen atoms in total. The van der Waals surface area contributed by atoms with Gasteiger partial charge in [0.25, 0.3) is 0 Å². The number of fused-ring (bicyclic) bond motifs is 1. The van der Waals surface area contributed by atoms with Gasteiger partial charge in [0.15, 0.2) is 0 Å². The summed E-state index contributed by atoms with van der Waals surface area (Å²) in [6, 6.07) is 18.0. The lowest BCUT2D eigenvalue weighted by atomic mass is 9.74. The van der Waals surface area contributed by atoms with Gasteiger partial charge >= 0.3 is 0 Å². The largest absolute Gasteiger partial charge is 0.491 e. The Morgan fingerprint density at radius 3 is 2.46 bits per heavy atom. The van der Waals surface area contributed by atoms with Crippen LogP contribution >= 0.6 is 0 Å². The maximum absolute atomic E-state index is 13.6. The number of nitrogens with zero attached hydrogens (tertiary/aromatic N) is 1. The van der Waals surface area contributed by atoms with Gasteiger partial charge in [-0.1, -0.05) is 48.5 Å². The molecule has 0 aliphatic carbocycles.